The molecule has 8 nitrogen and oxygen atoms in total. The Hall–Kier alpha value is 0.664. The second kappa shape index (κ2) is 42.1. The Morgan fingerprint density at radius 1 is 0.526 bits per heavy atom. The van der Waals surface area contributed by atoms with Crippen LogP contribution < -0.4 is 20.4 Å². The largest absolute Gasteiger partial charge is 4.00 e. The fourth-order valence-electron chi connectivity index (χ4n) is 2.16. The summed E-state index contributed by atoms with van der Waals surface area (Å²) in [5.74, 6) is 0. The van der Waals surface area contributed by atoms with E-state index in [2.05, 4.69) is 13.8 Å². The van der Waals surface area contributed by atoms with Gasteiger partial charge in [-0.2, -0.15) is 0 Å². The molecule has 0 aliphatic rings. The molecule has 0 fully saturated rings. The average molecular weight is 607 g/mol. The molecule has 0 bridgehead atoms. The van der Waals surface area contributed by atoms with Gasteiger partial charge in [-0.1, -0.05) is 133 Å². The van der Waals surface area contributed by atoms with Gasteiger partial charge in [-0.05, 0) is 12.8 Å². The first-order valence-electron chi connectivity index (χ1n) is 14.3. The molecule has 0 unspecified atom stereocenters. The van der Waals surface area contributed by atoms with Gasteiger partial charge in [0, 0.05) is 0 Å². The Balaban J connectivity index is -0.000000122. The van der Waals surface area contributed by atoms with Crippen molar-refractivity contribution in [3.05, 3.63) is 0 Å². The molecule has 0 aromatic carbocycles. The molecule has 0 spiro atoms. The number of unbranched alkanes of at least 4 members (excludes halogenated alkanes) is 10. The first-order valence-corrected chi connectivity index (χ1v) is 15.8. The van der Waals surface area contributed by atoms with E-state index in [0.717, 1.165) is 25.7 Å². The molecule has 38 heavy (non-hydrogen) atoms. The zero-order valence-corrected chi connectivity index (χ0v) is 28.9. The third kappa shape index (κ3) is 109. The SMILES string of the molecule is CC(C)[O-].CC(C)[O-].CC(C)[O-].CC(C)[O-].CCCCCCCCOP(=O)(O)OCCCCCCCC.[Ti+4]. The predicted octanol–water partition coefficient (Wildman–Crippen LogP) is 4.86. The van der Waals surface area contributed by atoms with Crippen LogP contribution >= 0.6 is 7.82 Å². The van der Waals surface area contributed by atoms with E-state index in [9.17, 15) is 29.9 Å². The van der Waals surface area contributed by atoms with E-state index >= 15 is 0 Å². The van der Waals surface area contributed by atoms with Crippen LogP contribution in [-0.2, 0) is 35.3 Å². The summed E-state index contributed by atoms with van der Waals surface area (Å²) in [4.78, 5) is 9.51. The van der Waals surface area contributed by atoms with Crippen molar-refractivity contribution in [2.45, 2.75) is 171 Å². The fourth-order valence-corrected chi connectivity index (χ4v) is 2.96. The van der Waals surface area contributed by atoms with Gasteiger partial charge in [-0.15, -0.1) is 24.4 Å². The molecule has 0 aromatic heterocycles. The maximum atomic E-state index is 11.6. The van der Waals surface area contributed by atoms with Crippen molar-refractivity contribution in [3.63, 3.8) is 0 Å². The molecule has 0 heterocycles. The molecule has 0 aliphatic carbocycles. The Bertz CT molecular complexity index is 369. The number of hydrogen-bond acceptors (Lipinski definition) is 7. The van der Waals surface area contributed by atoms with E-state index in [4.69, 9.17) is 9.05 Å². The van der Waals surface area contributed by atoms with E-state index in [1.54, 1.807) is 55.4 Å². The van der Waals surface area contributed by atoms with Gasteiger partial charge in [-0.3, -0.25) is 9.05 Å². The third-order valence-corrected chi connectivity index (χ3v) is 4.52. The first kappa shape index (κ1) is 51.4. The Morgan fingerprint density at radius 2 is 0.711 bits per heavy atom. The average Bonchev–Trinajstić information content (AvgIpc) is 2.71. The third-order valence-electron chi connectivity index (χ3n) is 3.50. The monoisotopic (exact) mass is 606 g/mol. The summed E-state index contributed by atoms with van der Waals surface area (Å²) in [5, 5.41) is 38.1. The molecule has 0 aliphatic heterocycles. The second-order valence-corrected chi connectivity index (χ2v) is 11.3. The zero-order valence-electron chi connectivity index (χ0n) is 26.5. The van der Waals surface area contributed by atoms with Gasteiger partial charge < -0.3 is 25.3 Å². The molecule has 0 saturated heterocycles. The minimum Gasteiger partial charge on any atom is -0.852 e. The molecule has 0 rings (SSSR count). The first-order chi connectivity index (χ1) is 17.0. The van der Waals surface area contributed by atoms with Crippen LogP contribution in [0.1, 0.15) is 146 Å². The Kier molecular flexibility index (Phi) is 57.0. The van der Waals surface area contributed by atoms with Crippen molar-refractivity contribution in [2.75, 3.05) is 13.2 Å². The van der Waals surface area contributed by atoms with Crippen LogP contribution in [0.3, 0.4) is 0 Å². The summed E-state index contributed by atoms with van der Waals surface area (Å²) >= 11 is 0. The maximum Gasteiger partial charge on any atom is 4.00 e. The van der Waals surface area contributed by atoms with Gasteiger partial charge in [0.25, 0.3) is 0 Å². The number of rotatable bonds is 16. The maximum absolute atomic E-state index is 11.6. The summed E-state index contributed by atoms with van der Waals surface area (Å²) in [6.45, 7) is 17.9. The van der Waals surface area contributed by atoms with Gasteiger partial charge in [-0.25, -0.2) is 4.57 Å². The van der Waals surface area contributed by atoms with Gasteiger partial charge >= 0.3 is 29.5 Å². The van der Waals surface area contributed by atoms with Crippen molar-refractivity contribution >= 4 is 7.82 Å². The summed E-state index contributed by atoms with van der Waals surface area (Å²) < 4.78 is 21.5. The zero-order chi connectivity index (χ0) is 30.1. The van der Waals surface area contributed by atoms with E-state index in [-0.39, 0.29) is 21.7 Å². The number of hydrogen-bond donors (Lipinski definition) is 1. The van der Waals surface area contributed by atoms with Crippen LogP contribution in [-0.4, -0.2) is 42.5 Å². The molecule has 0 amide bonds. The molecule has 0 aromatic rings. The number of phosphoric ester groups is 1. The van der Waals surface area contributed by atoms with E-state index in [1.807, 2.05) is 0 Å². The van der Waals surface area contributed by atoms with Crippen LogP contribution in [0, 0.1) is 0 Å². The molecule has 10 heteroatoms. The minimum absolute atomic E-state index is 0. The predicted molar refractivity (Wildman–Crippen MR) is 149 cm³/mol. The smallest absolute Gasteiger partial charge is 0.852 e. The van der Waals surface area contributed by atoms with E-state index < -0.39 is 32.2 Å². The molecule has 0 atom stereocenters. The van der Waals surface area contributed by atoms with Crippen molar-refractivity contribution in [2.24, 2.45) is 0 Å². The summed E-state index contributed by atoms with van der Waals surface area (Å²) in [7, 11) is -3.82. The molecule has 1 N–H and O–H groups in total. The normalized spacial score (nSPS) is 10.4. The van der Waals surface area contributed by atoms with Crippen LogP contribution in [0.15, 0.2) is 0 Å². The van der Waals surface area contributed by atoms with Crippen molar-refractivity contribution < 1.29 is 60.6 Å². The molecule has 0 radical (unpaired) electrons. The Labute approximate surface area is 251 Å². The van der Waals surface area contributed by atoms with Gasteiger partial charge in [0.05, 0.1) is 13.2 Å². The summed E-state index contributed by atoms with van der Waals surface area (Å²) in [6.07, 6.45) is 11.9. The summed E-state index contributed by atoms with van der Waals surface area (Å²) in [6, 6.07) is 0. The van der Waals surface area contributed by atoms with Gasteiger partial charge in [0.1, 0.15) is 0 Å². The van der Waals surface area contributed by atoms with Crippen molar-refractivity contribution in [1.82, 2.24) is 0 Å². The standard InChI is InChI=1S/C16H35O4P.4C3H7O.Ti/c1-3-5-7-9-11-13-15-19-21(17,18)20-16-14-12-10-8-6-4-2;4*1-3(2)4;/h3-16H2,1-2H3,(H,17,18);4*3H,1-2H3;/q;4*-1;+4. The minimum atomic E-state index is -3.82. The van der Waals surface area contributed by atoms with Gasteiger partial charge in [0.15, 0.2) is 0 Å². The Morgan fingerprint density at radius 3 is 0.921 bits per heavy atom. The van der Waals surface area contributed by atoms with Crippen molar-refractivity contribution in [3.8, 4) is 0 Å². The van der Waals surface area contributed by atoms with E-state index in [1.165, 1.54) is 51.4 Å². The summed E-state index contributed by atoms with van der Waals surface area (Å²) in [5.41, 5.74) is 0. The van der Waals surface area contributed by atoms with Gasteiger partial charge in [0.2, 0.25) is 0 Å². The van der Waals surface area contributed by atoms with Crippen LogP contribution in [0.2, 0.25) is 0 Å². The quantitative estimate of drug-likeness (QED) is 0.149. The van der Waals surface area contributed by atoms with Crippen LogP contribution in [0.4, 0.5) is 0 Å². The molecular formula is C28H63O8PTi. The topological polar surface area (TPSA) is 148 Å². The van der Waals surface area contributed by atoms with Crippen molar-refractivity contribution in [1.29, 1.82) is 0 Å². The molecule has 0 saturated carbocycles. The fraction of sp³-hybridized carbons (Fsp3) is 1.00. The molecule has 232 valence electrons. The molecular weight excluding hydrogens is 543 g/mol. The van der Waals surface area contributed by atoms with Crippen LogP contribution in [0.25, 0.3) is 0 Å². The van der Waals surface area contributed by atoms with E-state index in [0.29, 0.717) is 13.2 Å². The van der Waals surface area contributed by atoms with Crippen LogP contribution in [0.5, 0.6) is 0 Å². The number of phosphoric acid groups is 1. The second-order valence-electron chi connectivity index (χ2n) is 9.87.